The van der Waals surface area contributed by atoms with E-state index in [9.17, 15) is 4.79 Å². The standard InChI is InChI=1S/C15H13N3O2S/c19-13(20)7-8-16-14-10-4-1-2-5-11(10)17-15(18-14)12-6-3-9-21-12/h1-6,9H,7-8H2,(H,19,20)(H,16,17,18). The number of fused-ring (bicyclic) bond motifs is 1. The van der Waals surface area contributed by atoms with Crippen LogP contribution in [0.3, 0.4) is 0 Å². The summed E-state index contributed by atoms with van der Waals surface area (Å²) in [5.74, 6) is 0.492. The highest BCUT2D eigenvalue weighted by Crippen LogP contribution is 2.27. The fourth-order valence-electron chi connectivity index (χ4n) is 2.02. The Morgan fingerprint density at radius 3 is 2.81 bits per heavy atom. The highest BCUT2D eigenvalue weighted by Gasteiger charge is 2.10. The zero-order chi connectivity index (χ0) is 14.7. The van der Waals surface area contributed by atoms with Gasteiger partial charge in [0.1, 0.15) is 5.82 Å². The van der Waals surface area contributed by atoms with Gasteiger partial charge in [-0.2, -0.15) is 0 Å². The molecule has 2 N–H and O–H groups in total. The van der Waals surface area contributed by atoms with E-state index >= 15 is 0 Å². The molecule has 2 heterocycles. The zero-order valence-electron chi connectivity index (χ0n) is 11.1. The Morgan fingerprint density at radius 1 is 1.19 bits per heavy atom. The Balaban J connectivity index is 2.01. The minimum absolute atomic E-state index is 0.0483. The number of benzene rings is 1. The van der Waals surface area contributed by atoms with Crippen LogP contribution in [0, 0.1) is 0 Å². The topological polar surface area (TPSA) is 75.1 Å². The predicted molar refractivity (Wildman–Crippen MR) is 83.6 cm³/mol. The lowest BCUT2D eigenvalue weighted by atomic mass is 10.2. The molecular formula is C15H13N3O2S. The lowest BCUT2D eigenvalue weighted by molar-refractivity contribution is -0.136. The molecule has 3 rings (SSSR count). The third-order valence-corrected chi connectivity index (χ3v) is 3.84. The Bertz CT molecular complexity index is 772. The lowest BCUT2D eigenvalue weighted by Crippen LogP contribution is -2.09. The molecule has 0 saturated heterocycles. The van der Waals surface area contributed by atoms with Gasteiger partial charge in [0, 0.05) is 11.9 Å². The van der Waals surface area contributed by atoms with Gasteiger partial charge in [0.05, 0.1) is 16.8 Å². The molecule has 21 heavy (non-hydrogen) atoms. The maximum absolute atomic E-state index is 10.6. The number of nitrogens with one attached hydrogen (secondary N) is 1. The summed E-state index contributed by atoms with van der Waals surface area (Å²) in [6.45, 7) is 0.334. The SMILES string of the molecule is O=C(O)CCNc1nc(-c2cccs2)nc2ccccc12. The Hall–Kier alpha value is -2.47. The number of aliphatic carboxylic acids is 1. The van der Waals surface area contributed by atoms with E-state index in [1.54, 1.807) is 11.3 Å². The molecule has 0 bridgehead atoms. The molecule has 0 saturated carbocycles. The van der Waals surface area contributed by atoms with Crippen molar-refractivity contribution in [1.82, 2.24) is 9.97 Å². The lowest BCUT2D eigenvalue weighted by Gasteiger charge is -2.09. The van der Waals surface area contributed by atoms with Crippen molar-refractivity contribution in [1.29, 1.82) is 0 Å². The molecular weight excluding hydrogens is 286 g/mol. The first kappa shape index (κ1) is 13.5. The highest BCUT2D eigenvalue weighted by molar-refractivity contribution is 7.13. The second-order valence-electron chi connectivity index (χ2n) is 4.46. The van der Waals surface area contributed by atoms with Gasteiger partial charge in [-0.3, -0.25) is 4.79 Å². The molecule has 6 heteroatoms. The highest BCUT2D eigenvalue weighted by atomic mass is 32.1. The number of carboxylic acids is 1. The molecule has 0 aliphatic heterocycles. The van der Waals surface area contributed by atoms with Crippen LogP contribution in [-0.2, 0) is 4.79 Å². The third kappa shape index (κ3) is 3.00. The molecule has 0 fully saturated rings. The van der Waals surface area contributed by atoms with Gasteiger partial charge in [0.25, 0.3) is 0 Å². The smallest absolute Gasteiger partial charge is 0.305 e. The fraction of sp³-hybridized carbons (Fsp3) is 0.133. The van der Waals surface area contributed by atoms with Crippen molar-refractivity contribution in [2.24, 2.45) is 0 Å². The van der Waals surface area contributed by atoms with Gasteiger partial charge in [-0.1, -0.05) is 18.2 Å². The summed E-state index contributed by atoms with van der Waals surface area (Å²) in [6, 6.07) is 11.6. The average molecular weight is 299 g/mol. The largest absolute Gasteiger partial charge is 0.481 e. The molecule has 5 nitrogen and oxygen atoms in total. The van der Waals surface area contributed by atoms with Crippen molar-refractivity contribution in [3.63, 3.8) is 0 Å². The molecule has 0 radical (unpaired) electrons. The van der Waals surface area contributed by atoms with Crippen molar-refractivity contribution in [3.8, 4) is 10.7 Å². The summed E-state index contributed by atoms with van der Waals surface area (Å²) in [5, 5.41) is 14.7. The van der Waals surface area contributed by atoms with Gasteiger partial charge in [0.15, 0.2) is 5.82 Å². The number of nitrogens with zero attached hydrogens (tertiary/aromatic N) is 2. The van der Waals surface area contributed by atoms with Crippen molar-refractivity contribution in [3.05, 3.63) is 41.8 Å². The van der Waals surface area contributed by atoms with Gasteiger partial charge in [-0.05, 0) is 23.6 Å². The second-order valence-corrected chi connectivity index (χ2v) is 5.41. The quantitative estimate of drug-likeness (QED) is 0.756. The monoisotopic (exact) mass is 299 g/mol. The van der Waals surface area contributed by atoms with Crippen molar-refractivity contribution >= 4 is 34.0 Å². The summed E-state index contributed by atoms with van der Waals surface area (Å²) in [4.78, 5) is 20.7. The third-order valence-electron chi connectivity index (χ3n) is 2.98. The van der Waals surface area contributed by atoms with Crippen LogP contribution in [0.15, 0.2) is 41.8 Å². The Morgan fingerprint density at radius 2 is 2.05 bits per heavy atom. The van der Waals surface area contributed by atoms with Crippen LogP contribution in [0.4, 0.5) is 5.82 Å². The minimum Gasteiger partial charge on any atom is -0.481 e. The van der Waals surface area contributed by atoms with Gasteiger partial charge in [0.2, 0.25) is 0 Å². The molecule has 0 atom stereocenters. The van der Waals surface area contributed by atoms with E-state index in [0.717, 1.165) is 15.8 Å². The van der Waals surface area contributed by atoms with E-state index in [-0.39, 0.29) is 6.42 Å². The van der Waals surface area contributed by atoms with Crippen molar-refractivity contribution in [2.45, 2.75) is 6.42 Å². The van der Waals surface area contributed by atoms with Crippen molar-refractivity contribution in [2.75, 3.05) is 11.9 Å². The number of para-hydroxylation sites is 1. The van der Waals surface area contributed by atoms with Crippen LogP contribution in [-0.4, -0.2) is 27.6 Å². The predicted octanol–water partition coefficient (Wildman–Crippen LogP) is 3.24. The summed E-state index contributed by atoms with van der Waals surface area (Å²) >= 11 is 1.58. The number of anilines is 1. The van der Waals surface area contributed by atoms with Crippen LogP contribution in [0.2, 0.25) is 0 Å². The maximum Gasteiger partial charge on any atom is 0.305 e. The summed E-state index contributed by atoms with van der Waals surface area (Å²) in [6.07, 6.45) is 0.0483. The summed E-state index contributed by atoms with van der Waals surface area (Å²) in [5.41, 5.74) is 0.841. The van der Waals surface area contributed by atoms with Crippen LogP contribution in [0.25, 0.3) is 21.6 Å². The van der Waals surface area contributed by atoms with E-state index in [4.69, 9.17) is 5.11 Å². The van der Waals surface area contributed by atoms with Crippen LogP contribution < -0.4 is 5.32 Å². The number of hydrogen-bond donors (Lipinski definition) is 2. The first-order valence-corrected chi connectivity index (χ1v) is 7.38. The van der Waals surface area contributed by atoms with Gasteiger partial charge < -0.3 is 10.4 Å². The van der Waals surface area contributed by atoms with E-state index in [1.165, 1.54) is 0 Å². The molecule has 0 aliphatic carbocycles. The minimum atomic E-state index is -0.834. The second kappa shape index (κ2) is 5.88. The van der Waals surface area contributed by atoms with E-state index in [2.05, 4.69) is 15.3 Å². The Kier molecular flexibility index (Phi) is 3.79. The van der Waals surface area contributed by atoms with E-state index in [0.29, 0.717) is 18.2 Å². The first-order chi connectivity index (χ1) is 10.2. The molecule has 2 aromatic heterocycles. The molecule has 0 unspecified atom stereocenters. The summed E-state index contributed by atoms with van der Waals surface area (Å²) < 4.78 is 0. The number of aromatic nitrogens is 2. The van der Waals surface area contributed by atoms with E-state index < -0.39 is 5.97 Å². The molecule has 1 aromatic carbocycles. The van der Waals surface area contributed by atoms with Crippen molar-refractivity contribution < 1.29 is 9.90 Å². The van der Waals surface area contributed by atoms with Crippen LogP contribution in [0.1, 0.15) is 6.42 Å². The van der Waals surface area contributed by atoms with Gasteiger partial charge in [-0.25, -0.2) is 9.97 Å². The number of carbonyl (C=O) groups is 1. The number of carboxylic acid groups (broad SMARTS) is 1. The van der Waals surface area contributed by atoms with Gasteiger partial charge >= 0.3 is 5.97 Å². The molecule has 106 valence electrons. The molecule has 0 spiro atoms. The average Bonchev–Trinajstić information content (AvgIpc) is 3.01. The zero-order valence-corrected chi connectivity index (χ0v) is 11.9. The molecule has 3 aromatic rings. The van der Waals surface area contributed by atoms with Gasteiger partial charge in [-0.15, -0.1) is 11.3 Å². The van der Waals surface area contributed by atoms with Crippen LogP contribution in [0.5, 0.6) is 0 Å². The first-order valence-electron chi connectivity index (χ1n) is 6.50. The number of hydrogen-bond acceptors (Lipinski definition) is 5. The Labute approximate surface area is 125 Å². The fourth-order valence-corrected chi connectivity index (χ4v) is 2.67. The summed E-state index contributed by atoms with van der Waals surface area (Å²) in [7, 11) is 0. The number of rotatable bonds is 5. The normalized spacial score (nSPS) is 10.7. The molecule has 0 amide bonds. The van der Waals surface area contributed by atoms with Crippen LogP contribution >= 0.6 is 11.3 Å². The number of thiophene rings is 1. The maximum atomic E-state index is 10.6. The molecule has 0 aliphatic rings. The van der Waals surface area contributed by atoms with E-state index in [1.807, 2.05) is 41.8 Å².